The van der Waals surface area contributed by atoms with Crippen LogP contribution in [-0.2, 0) is 37.5 Å². The van der Waals surface area contributed by atoms with Crippen LogP contribution in [0.4, 0.5) is 10.7 Å². The Morgan fingerprint density at radius 3 is 2.57 bits per heavy atom. The van der Waals surface area contributed by atoms with Crippen LogP contribution in [-0.4, -0.2) is 80.5 Å². The quantitative estimate of drug-likeness (QED) is 0.153. The highest BCUT2D eigenvalue weighted by Gasteiger charge is 2.24. The Kier molecular flexibility index (Phi) is 8.93. The van der Waals surface area contributed by atoms with Crippen molar-refractivity contribution in [1.82, 2.24) is 34.1 Å². The second kappa shape index (κ2) is 13.0. The number of hydrogen-bond acceptors (Lipinski definition) is 11. The molecule has 44 heavy (non-hydrogen) atoms. The summed E-state index contributed by atoms with van der Waals surface area (Å²) in [7, 11) is -4.07. The van der Waals surface area contributed by atoms with E-state index in [1.54, 1.807) is 54.6 Å². The molecule has 5 rings (SSSR count). The zero-order valence-electron chi connectivity index (χ0n) is 22.7. The number of hydrogen-bond donors (Lipinski definition) is 4. The van der Waals surface area contributed by atoms with Crippen LogP contribution in [0.1, 0.15) is 5.56 Å². The number of carbonyl (C=O) groups excluding carboxylic acids is 2. The van der Waals surface area contributed by atoms with E-state index in [-0.39, 0.29) is 41.1 Å². The number of ether oxygens (including phenoxy) is 1. The molecule has 0 fully saturated rings. The van der Waals surface area contributed by atoms with Crippen molar-refractivity contribution in [2.75, 3.05) is 25.0 Å². The number of anilines is 1. The number of benzene rings is 2. The minimum absolute atomic E-state index is 0.0382. The van der Waals surface area contributed by atoms with E-state index in [0.29, 0.717) is 15.8 Å². The fraction of sp³-hybridized carbons (Fsp3) is 0.192. The summed E-state index contributed by atoms with van der Waals surface area (Å²) < 4.78 is 34.4. The molecule has 0 saturated heterocycles. The third-order valence-electron chi connectivity index (χ3n) is 6.12. The molecular weight excluding hydrogens is 616 g/mol. The zero-order valence-corrected chi connectivity index (χ0v) is 24.3. The number of carboxylic acid groups (broad SMARTS) is 1. The molecule has 0 unspecified atom stereocenters. The minimum Gasteiger partial charge on any atom is -0.480 e. The lowest BCUT2D eigenvalue weighted by molar-refractivity contribution is -0.144. The lowest BCUT2D eigenvalue weighted by atomic mass is 10.2. The van der Waals surface area contributed by atoms with E-state index in [2.05, 4.69) is 30.0 Å². The van der Waals surface area contributed by atoms with Gasteiger partial charge in [0.05, 0.1) is 16.5 Å². The largest absolute Gasteiger partial charge is 0.480 e. The fourth-order valence-corrected chi connectivity index (χ4v) is 6.33. The number of amides is 2. The molecule has 2 amide bonds. The van der Waals surface area contributed by atoms with Crippen LogP contribution in [0.3, 0.4) is 0 Å². The van der Waals surface area contributed by atoms with Crippen LogP contribution >= 0.6 is 11.3 Å². The van der Waals surface area contributed by atoms with Gasteiger partial charge >= 0.3 is 12.1 Å². The first-order chi connectivity index (χ1) is 21.1. The second-order valence-corrected chi connectivity index (χ2v) is 12.1. The maximum Gasteiger partial charge on any atom is 0.414 e. The van der Waals surface area contributed by atoms with Gasteiger partial charge in [0.2, 0.25) is 16.2 Å². The van der Waals surface area contributed by atoms with Gasteiger partial charge < -0.3 is 19.7 Å². The summed E-state index contributed by atoms with van der Waals surface area (Å²) in [5.41, 5.74) is 0.334. The van der Waals surface area contributed by atoms with E-state index >= 15 is 0 Å². The summed E-state index contributed by atoms with van der Waals surface area (Å²) in [6.45, 7) is -2.32. The molecule has 2 aromatic carbocycles. The first-order valence-electron chi connectivity index (χ1n) is 12.9. The number of thiazole rings is 1. The molecule has 0 spiro atoms. The molecule has 18 heteroatoms. The Balaban J connectivity index is 1.31. The third kappa shape index (κ3) is 7.05. The number of nitrogens with zero attached hydrogens (tertiary/aromatic N) is 5. The van der Waals surface area contributed by atoms with Crippen LogP contribution in [0.5, 0.6) is 0 Å². The number of aromatic nitrogens is 5. The van der Waals surface area contributed by atoms with Crippen molar-refractivity contribution in [3.63, 3.8) is 0 Å². The average molecular weight is 641 g/mol. The van der Waals surface area contributed by atoms with Gasteiger partial charge in [0, 0.05) is 13.1 Å². The van der Waals surface area contributed by atoms with Gasteiger partial charge in [0.1, 0.15) is 19.7 Å². The Labute approximate surface area is 252 Å². The van der Waals surface area contributed by atoms with Gasteiger partial charge in [-0.25, -0.2) is 27.9 Å². The smallest absolute Gasteiger partial charge is 0.414 e. The number of aromatic amines is 1. The SMILES string of the molecule is O=C(O)CN(CCNS(=O)(=O)c1nc2ccccc2s1)C(=O)Cn1c(NC(=O)OCc2ccccc2)nc2nc[nH]c2c1=O. The summed E-state index contributed by atoms with van der Waals surface area (Å²) in [5.74, 6) is -2.60. The van der Waals surface area contributed by atoms with E-state index in [1.165, 1.54) is 6.33 Å². The van der Waals surface area contributed by atoms with Crippen molar-refractivity contribution < 1.29 is 32.6 Å². The van der Waals surface area contributed by atoms with E-state index in [1.807, 2.05) is 0 Å². The molecule has 16 nitrogen and oxygen atoms in total. The van der Waals surface area contributed by atoms with Crippen LogP contribution in [0, 0.1) is 0 Å². The zero-order chi connectivity index (χ0) is 31.3. The third-order valence-corrected chi connectivity index (χ3v) is 9.00. The number of fused-ring (bicyclic) bond motifs is 2. The second-order valence-electron chi connectivity index (χ2n) is 9.17. The van der Waals surface area contributed by atoms with Crippen molar-refractivity contribution in [3.8, 4) is 0 Å². The van der Waals surface area contributed by atoms with Gasteiger partial charge in [-0.2, -0.15) is 4.98 Å². The lowest BCUT2D eigenvalue weighted by Crippen LogP contribution is -2.44. The van der Waals surface area contributed by atoms with E-state index in [9.17, 15) is 32.7 Å². The van der Waals surface area contributed by atoms with Crippen molar-refractivity contribution in [2.45, 2.75) is 17.5 Å². The molecule has 0 aliphatic heterocycles. The van der Waals surface area contributed by atoms with Crippen LogP contribution in [0.15, 0.2) is 70.1 Å². The molecule has 0 aliphatic carbocycles. The minimum atomic E-state index is -4.07. The summed E-state index contributed by atoms with van der Waals surface area (Å²) in [4.78, 5) is 66.2. The topological polar surface area (TPSA) is 219 Å². The Morgan fingerprint density at radius 2 is 1.82 bits per heavy atom. The number of carbonyl (C=O) groups is 3. The summed E-state index contributed by atoms with van der Waals surface area (Å²) in [6, 6.07) is 15.7. The van der Waals surface area contributed by atoms with Crippen LogP contribution in [0.2, 0.25) is 0 Å². The molecule has 0 bridgehead atoms. The molecule has 3 heterocycles. The van der Waals surface area contributed by atoms with Crippen LogP contribution in [0.25, 0.3) is 21.4 Å². The number of imidazole rings is 1. The average Bonchev–Trinajstić information content (AvgIpc) is 3.66. The molecule has 228 valence electrons. The highest BCUT2D eigenvalue weighted by atomic mass is 32.2. The molecule has 0 atom stereocenters. The standard InChI is InChI=1S/C26H24N8O8S2/c35-19(33(13-20(36)37)11-10-29-44(40,41)26-30-17-8-4-5-9-18(17)43-26)12-34-23(38)21-22(28-15-27-21)31-24(34)32-25(39)42-14-16-6-2-1-3-7-16/h1-9,15,29H,10-14H2,(H,27,28)(H,36,37)(H,31,32,39). The Morgan fingerprint density at radius 1 is 1.07 bits per heavy atom. The summed E-state index contributed by atoms with van der Waals surface area (Å²) in [5, 5.41) is 11.7. The van der Waals surface area contributed by atoms with Gasteiger partial charge in [-0.05, 0) is 17.7 Å². The summed E-state index contributed by atoms with van der Waals surface area (Å²) in [6.07, 6.45) is 0.236. The molecule has 0 radical (unpaired) electrons. The van der Waals surface area contributed by atoms with Gasteiger partial charge in [-0.3, -0.25) is 24.3 Å². The molecular formula is C26H24N8O8S2. The van der Waals surface area contributed by atoms with Gasteiger partial charge in [0.15, 0.2) is 11.2 Å². The van der Waals surface area contributed by atoms with Gasteiger partial charge in [-0.1, -0.05) is 42.5 Å². The normalized spacial score (nSPS) is 11.5. The van der Waals surface area contributed by atoms with E-state index in [4.69, 9.17) is 4.74 Å². The molecule has 4 N–H and O–H groups in total. The number of carboxylic acids is 1. The number of aliphatic carboxylic acids is 1. The van der Waals surface area contributed by atoms with Gasteiger partial charge in [-0.15, -0.1) is 11.3 Å². The Hall–Kier alpha value is -5.20. The molecule has 5 aromatic rings. The predicted molar refractivity (Wildman–Crippen MR) is 157 cm³/mol. The lowest BCUT2D eigenvalue weighted by Gasteiger charge is -2.22. The first kappa shape index (κ1) is 30.3. The maximum absolute atomic E-state index is 13.3. The van der Waals surface area contributed by atoms with Crippen molar-refractivity contribution in [1.29, 1.82) is 0 Å². The summed E-state index contributed by atoms with van der Waals surface area (Å²) >= 11 is 0.959. The first-order valence-corrected chi connectivity index (χ1v) is 15.2. The van der Waals surface area contributed by atoms with E-state index in [0.717, 1.165) is 20.8 Å². The monoisotopic (exact) mass is 640 g/mol. The number of rotatable bonds is 12. The van der Waals surface area contributed by atoms with Gasteiger partial charge in [0.25, 0.3) is 15.6 Å². The van der Waals surface area contributed by atoms with Crippen molar-refractivity contribution >= 4 is 66.7 Å². The fourth-order valence-electron chi connectivity index (χ4n) is 4.05. The Bertz CT molecular complexity index is 1970. The highest BCUT2D eigenvalue weighted by molar-refractivity contribution is 7.91. The molecule has 0 saturated carbocycles. The highest BCUT2D eigenvalue weighted by Crippen LogP contribution is 2.24. The maximum atomic E-state index is 13.3. The predicted octanol–water partition coefficient (Wildman–Crippen LogP) is 1.37. The molecule has 0 aliphatic rings. The van der Waals surface area contributed by atoms with Crippen molar-refractivity contribution in [3.05, 3.63) is 76.8 Å². The van der Waals surface area contributed by atoms with E-state index < -0.39 is 46.6 Å². The number of sulfonamides is 1. The molecule has 3 aromatic heterocycles. The number of para-hydroxylation sites is 1. The number of nitrogens with one attached hydrogen (secondary N) is 3. The number of H-pyrrole nitrogens is 1. The van der Waals surface area contributed by atoms with Crippen molar-refractivity contribution in [2.24, 2.45) is 0 Å². The van der Waals surface area contributed by atoms with Crippen LogP contribution < -0.4 is 15.6 Å².